The van der Waals surface area contributed by atoms with Crippen LogP contribution in [0.4, 0.5) is 11.4 Å². The van der Waals surface area contributed by atoms with Crippen molar-refractivity contribution in [1.29, 1.82) is 0 Å². The van der Waals surface area contributed by atoms with Gasteiger partial charge in [0.15, 0.2) is 37.0 Å². The second-order valence-corrected chi connectivity index (χ2v) is 17.4. The first kappa shape index (κ1) is 55.2. The van der Waals surface area contributed by atoms with Crippen LogP contribution in [0.15, 0.2) is 97.6 Å². The van der Waals surface area contributed by atoms with E-state index in [0.717, 1.165) is 0 Å². The van der Waals surface area contributed by atoms with E-state index >= 15 is 0 Å². The van der Waals surface area contributed by atoms with Crippen molar-refractivity contribution in [3.8, 4) is 0 Å². The molecule has 0 unspecified atom stereocenters. The van der Waals surface area contributed by atoms with Gasteiger partial charge in [0.05, 0.1) is 38.6 Å². The molecule has 68 heavy (non-hydrogen) atoms. The first-order valence-corrected chi connectivity index (χ1v) is 22.8. The fourth-order valence-corrected chi connectivity index (χ4v) is 7.01. The molecule has 8 atom stereocenters. The van der Waals surface area contributed by atoms with E-state index in [1.807, 2.05) is 0 Å². The topological polar surface area (TPSA) is 350 Å². The molecule has 0 bridgehead atoms. The standard InChI is InChI=1S/C19H21N2O10P.C19H20N2O7.C3H9O4P/c1-29-19(25)11-4-6-13(7-5-11)20-17(24)12-3-2-8-21(9-12)18-16(23)15(22)14(31-18)10-30-32(26,27)28;1-27-19(26)11-4-6-13(7-5-11)20-17(25)12-3-2-8-21(9-12)18-16(24)15(23)14(10-22)28-18;1-5-8(4,6-2)7-3/h2-9,14-16,18,22-23H,10H2,1H3,(H2-,20,24,25,26,27,28);2-9,14-16,18,22-24H,10H2,1H3;1-3H3/p+2/t2*14-,15-,16-,18-;/m11./s1. The number of hydrogen-bond donors (Lipinski definition) is 9. The predicted octanol–water partition coefficient (Wildman–Crippen LogP) is 0.400. The van der Waals surface area contributed by atoms with Crippen molar-refractivity contribution in [2.75, 3.05) is 59.4 Å². The van der Waals surface area contributed by atoms with Crippen molar-refractivity contribution < 1.29 is 110 Å². The number of aliphatic hydroxyl groups excluding tert-OH is 5. The van der Waals surface area contributed by atoms with Crippen molar-refractivity contribution in [2.45, 2.75) is 49.1 Å². The lowest BCUT2D eigenvalue weighted by Gasteiger charge is -2.13. The number of phosphoric acid groups is 2. The second-order valence-electron chi connectivity index (χ2n) is 14.2. The molecule has 2 amide bonds. The molecular weight excluding hydrogens is 946 g/mol. The van der Waals surface area contributed by atoms with E-state index in [-0.39, 0.29) is 11.1 Å². The van der Waals surface area contributed by atoms with Gasteiger partial charge in [0.2, 0.25) is 0 Å². The van der Waals surface area contributed by atoms with Crippen LogP contribution in [-0.4, -0.2) is 144 Å². The maximum atomic E-state index is 12.6. The van der Waals surface area contributed by atoms with Crippen LogP contribution in [0.25, 0.3) is 0 Å². The highest BCUT2D eigenvalue weighted by molar-refractivity contribution is 7.48. The zero-order valence-electron chi connectivity index (χ0n) is 36.9. The van der Waals surface area contributed by atoms with E-state index in [1.54, 1.807) is 30.5 Å². The summed E-state index contributed by atoms with van der Waals surface area (Å²) < 4.78 is 61.9. The number of pyridine rings is 2. The number of aliphatic hydroxyl groups is 5. The van der Waals surface area contributed by atoms with E-state index in [1.165, 1.54) is 112 Å². The first-order chi connectivity index (χ1) is 32.2. The third kappa shape index (κ3) is 15.0. The molecule has 0 saturated carbocycles. The Labute approximate surface area is 388 Å². The lowest BCUT2D eigenvalue weighted by atomic mass is 10.1. The van der Waals surface area contributed by atoms with Crippen molar-refractivity contribution in [1.82, 2.24) is 0 Å². The number of hydrogen-bond acceptors (Lipinski definition) is 19. The molecule has 2 aromatic carbocycles. The summed E-state index contributed by atoms with van der Waals surface area (Å²) in [4.78, 5) is 65.7. The molecule has 0 aliphatic carbocycles. The quantitative estimate of drug-likeness (QED) is 0.0442. The number of anilines is 2. The van der Waals surface area contributed by atoms with Gasteiger partial charge in [-0.3, -0.25) is 27.7 Å². The number of aromatic nitrogens is 2. The molecule has 2 fully saturated rings. The Hall–Kier alpha value is -5.44. The minimum Gasteiger partial charge on any atom is -0.465 e. The van der Waals surface area contributed by atoms with Crippen LogP contribution < -0.4 is 19.8 Å². The van der Waals surface area contributed by atoms with E-state index < -0.39 is 102 Å². The van der Waals surface area contributed by atoms with Gasteiger partial charge in [-0.2, -0.15) is 9.13 Å². The Morgan fingerprint density at radius 3 is 1.29 bits per heavy atom. The normalized spacial score (nSPS) is 22.1. The number of carbonyl (C=O) groups is 4. The van der Waals surface area contributed by atoms with Gasteiger partial charge in [-0.05, 0) is 60.7 Å². The average Bonchev–Trinajstić information content (AvgIpc) is 3.81. The summed E-state index contributed by atoms with van der Waals surface area (Å²) in [6, 6.07) is 18.5. The van der Waals surface area contributed by atoms with Crippen molar-refractivity contribution >= 4 is 50.8 Å². The molecule has 25 nitrogen and oxygen atoms in total. The number of carbonyl (C=O) groups excluding carboxylic acids is 4. The summed E-state index contributed by atoms with van der Waals surface area (Å²) in [5.41, 5.74) is 2.09. The van der Waals surface area contributed by atoms with E-state index in [9.17, 15) is 53.8 Å². The van der Waals surface area contributed by atoms with Gasteiger partial charge in [0.1, 0.15) is 35.5 Å². The predicted molar refractivity (Wildman–Crippen MR) is 230 cm³/mol. The maximum Gasteiger partial charge on any atom is 0.473 e. The zero-order valence-corrected chi connectivity index (χ0v) is 38.7. The molecule has 2 saturated heterocycles. The van der Waals surface area contributed by atoms with E-state index in [0.29, 0.717) is 22.5 Å². The van der Waals surface area contributed by atoms with Crippen LogP contribution >= 0.6 is 15.6 Å². The van der Waals surface area contributed by atoms with Gasteiger partial charge in [-0.1, -0.05) is 0 Å². The minimum atomic E-state index is -4.78. The molecule has 2 aliphatic rings. The number of rotatable bonds is 15. The van der Waals surface area contributed by atoms with Crippen molar-refractivity contribution in [2.24, 2.45) is 0 Å². The molecule has 0 radical (unpaired) electrons. The summed E-state index contributed by atoms with van der Waals surface area (Å²) in [7, 11) is -1.62. The third-order valence-electron chi connectivity index (χ3n) is 9.82. The fraction of sp³-hybridized carbons (Fsp3) is 0.366. The van der Waals surface area contributed by atoms with Gasteiger partial charge in [0.25, 0.3) is 24.3 Å². The van der Waals surface area contributed by atoms with Crippen LogP contribution in [0.2, 0.25) is 0 Å². The summed E-state index contributed by atoms with van der Waals surface area (Å²) in [5, 5.41) is 55.0. The highest BCUT2D eigenvalue weighted by Gasteiger charge is 2.49. The molecule has 4 heterocycles. The Balaban J connectivity index is 0.000000257. The summed E-state index contributed by atoms with van der Waals surface area (Å²) in [5.74, 6) is -1.87. The number of nitrogens with one attached hydrogen (secondary N) is 2. The minimum absolute atomic E-state index is 0.199. The van der Waals surface area contributed by atoms with Gasteiger partial charge < -0.3 is 64.9 Å². The zero-order chi connectivity index (χ0) is 50.3. The third-order valence-corrected chi connectivity index (χ3v) is 11.6. The van der Waals surface area contributed by atoms with Gasteiger partial charge in [0, 0.05) is 44.8 Å². The number of nitrogens with zero attached hydrogens (tertiary/aromatic N) is 2. The molecular formula is C41H52N4O21P2+2. The fourth-order valence-electron chi connectivity index (χ4n) is 6.23. The van der Waals surface area contributed by atoms with Crippen LogP contribution in [0.5, 0.6) is 0 Å². The number of amides is 2. The second kappa shape index (κ2) is 25.2. The molecule has 2 aromatic heterocycles. The first-order valence-electron chi connectivity index (χ1n) is 19.8. The Bertz CT molecular complexity index is 2410. The van der Waals surface area contributed by atoms with Crippen LogP contribution in [-0.2, 0) is 46.2 Å². The molecule has 370 valence electrons. The number of esters is 2. The van der Waals surface area contributed by atoms with Gasteiger partial charge in [-0.15, -0.1) is 0 Å². The van der Waals surface area contributed by atoms with Gasteiger partial charge >= 0.3 is 27.6 Å². The molecule has 4 aromatic rings. The largest absolute Gasteiger partial charge is 0.473 e. The molecule has 2 aliphatic heterocycles. The number of benzene rings is 2. The van der Waals surface area contributed by atoms with Crippen LogP contribution in [0.1, 0.15) is 53.9 Å². The lowest BCUT2D eigenvalue weighted by Crippen LogP contribution is -2.46. The molecule has 9 N–H and O–H groups in total. The molecule has 0 spiro atoms. The lowest BCUT2D eigenvalue weighted by molar-refractivity contribution is -0.766. The van der Waals surface area contributed by atoms with Crippen LogP contribution in [0, 0.1) is 0 Å². The summed E-state index contributed by atoms with van der Waals surface area (Å²) >= 11 is 0. The maximum absolute atomic E-state index is 12.6. The Morgan fingerprint density at radius 1 is 0.588 bits per heavy atom. The number of methoxy groups -OCH3 is 2. The molecule has 27 heteroatoms. The van der Waals surface area contributed by atoms with E-state index in [2.05, 4.69) is 38.2 Å². The van der Waals surface area contributed by atoms with Crippen molar-refractivity contribution in [3.05, 3.63) is 120 Å². The van der Waals surface area contributed by atoms with Crippen LogP contribution in [0.3, 0.4) is 0 Å². The van der Waals surface area contributed by atoms with Crippen molar-refractivity contribution in [3.63, 3.8) is 0 Å². The molecule has 6 rings (SSSR count). The summed E-state index contributed by atoms with van der Waals surface area (Å²) in [6.45, 7) is -1.07. The highest BCUT2D eigenvalue weighted by Crippen LogP contribution is 2.46. The van der Waals surface area contributed by atoms with E-state index in [4.69, 9.17) is 19.3 Å². The number of phosphoric ester groups is 2. The summed E-state index contributed by atoms with van der Waals surface area (Å²) in [6.07, 6.45) is -3.60. The number of ether oxygens (including phenoxy) is 4. The highest BCUT2D eigenvalue weighted by atomic mass is 31.2. The monoisotopic (exact) mass is 998 g/mol. The SMILES string of the molecule is COC(=O)c1ccc(NC(=O)c2ccc[n+]([C@@H]3O[C@H](CO)[C@@H](O)[C@H]3O)c2)cc1.COC(=O)c1ccc(NC(=O)c2ccc[n+]([C@@H]3O[C@H](COP(=O)(O)O)[C@@H](O)[C@H]3O)c2)cc1.COP(=O)(OC)OC. The smallest absolute Gasteiger partial charge is 0.465 e. The Kier molecular flexibility index (Phi) is 20.5. The van der Waals surface area contributed by atoms with Gasteiger partial charge in [-0.25, -0.2) is 18.7 Å². The Morgan fingerprint density at radius 2 is 0.971 bits per heavy atom. The average molecular weight is 999 g/mol.